The van der Waals surface area contributed by atoms with E-state index < -0.39 is 0 Å². The van der Waals surface area contributed by atoms with Crippen molar-refractivity contribution >= 4 is 34.2 Å². The molecule has 5 rings (SSSR count). The average Bonchev–Trinajstić information content (AvgIpc) is 3.58. The van der Waals surface area contributed by atoms with Gasteiger partial charge in [0.2, 0.25) is 0 Å². The first-order valence-corrected chi connectivity index (χ1v) is 13.5. The first-order valence-electron chi connectivity index (χ1n) is 11.8. The minimum atomic E-state index is -0.209. The van der Waals surface area contributed by atoms with Gasteiger partial charge in [-0.15, -0.1) is 22.7 Å². The molecule has 0 N–H and O–H groups in total. The van der Waals surface area contributed by atoms with Crippen molar-refractivity contribution in [3.05, 3.63) is 43.8 Å². The van der Waals surface area contributed by atoms with E-state index >= 15 is 0 Å². The molecule has 172 valence electrons. The summed E-state index contributed by atoms with van der Waals surface area (Å²) in [6.07, 6.45) is 3.07. The molecule has 4 nitrogen and oxygen atoms in total. The Morgan fingerprint density at radius 2 is 1.16 bits per heavy atom. The smallest absolute Gasteiger partial charge is 0.147 e. The third-order valence-corrected chi connectivity index (χ3v) is 10.8. The average molecular weight is 473 g/mol. The highest BCUT2D eigenvalue weighted by molar-refractivity contribution is 7.12. The van der Waals surface area contributed by atoms with Crippen molar-refractivity contribution in [3.63, 3.8) is 0 Å². The molecule has 6 heteroatoms. The van der Waals surface area contributed by atoms with Gasteiger partial charge in [-0.2, -0.15) is 0 Å². The van der Waals surface area contributed by atoms with Gasteiger partial charge in [-0.3, -0.25) is 9.59 Å². The lowest BCUT2D eigenvalue weighted by atomic mass is 9.66. The van der Waals surface area contributed by atoms with Crippen LogP contribution in [0.5, 0.6) is 0 Å². The zero-order valence-electron chi connectivity index (χ0n) is 19.2. The molecular weight excluding hydrogens is 440 g/mol. The molecule has 0 spiro atoms. The zero-order chi connectivity index (χ0) is 22.6. The Balaban J connectivity index is 1.48. The lowest BCUT2D eigenvalue weighted by molar-refractivity contribution is -0.155. The van der Waals surface area contributed by atoms with Crippen molar-refractivity contribution < 1.29 is 19.1 Å². The highest BCUT2D eigenvalue weighted by atomic mass is 32.1. The molecule has 8 atom stereocenters. The third-order valence-electron chi connectivity index (χ3n) is 8.13. The van der Waals surface area contributed by atoms with Gasteiger partial charge in [-0.25, -0.2) is 0 Å². The van der Waals surface area contributed by atoms with Gasteiger partial charge < -0.3 is 9.47 Å². The highest BCUT2D eigenvalue weighted by Gasteiger charge is 2.63. The number of ketones is 2. The topological polar surface area (TPSA) is 52.6 Å². The normalized spacial score (nSPS) is 36.5. The van der Waals surface area contributed by atoms with Crippen LogP contribution in [0.4, 0.5) is 0 Å². The molecular formula is C26H32O4S2. The molecule has 3 aliphatic carbocycles. The highest BCUT2D eigenvalue weighted by Crippen LogP contribution is 2.58. The second-order valence-corrected chi connectivity index (χ2v) is 11.9. The standard InChI is InChI=1S/C26H32O4S2/c1-5-13-7-9-19(31-13)15-11-17-21(23(15)27)26(30-4)18-12-16(20-10-8-14(6-2)32-20)24(28)22(18)25(17)29-3/h7-10,15-18,21-22,25-26H,5-6,11-12H2,1-4H3. The van der Waals surface area contributed by atoms with Gasteiger partial charge in [-0.05, 0) is 61.8 Å². The van der Waals surface area contributed by atoms with Crippen molar-refractivity contribution in [1.29, 1.82) is 0 Å². The molecule has 2 aromatic heterocycles. The predicted octanol–water partition coefficient (Wildman–Crippen LogP) is 5.26. The molecule has 0 amide bonds. The van der Waals surface area contributed by atoms with Crippen LogP contribution in [0, 0.1) is 23.7 Å². The van der Waals surface area contributed by atoms with E-state index in [0.29, 0.717) is 0 Å². The van der Waals surface area contributed by atoms with E-state index in [1.807, 2.05) is 0 Å². The number of hydrogen-bond donors (Lipinski definition) is 0. The van der Waals surface area contributed by atoms with Crippen LogP contribution < -0.4 is 0 Å². The van der Waals surface area contributed by atoms with E-state index in [9.17, 15) is 9.59 Å². The van der Waals surface area contributed by atoms with Crippen LogP contribution in [0.25, 0.3) is 0 Å². The van der Waals surface area contributed by atoms with Gasteiger partial charge in [0.25, 0.3) is 0 Å². The number of hydrogen-bond acceptors (Lipinski definition) is 6. The largest absolute Gasteiger partial charge is 0.380 e. The van der Waals surface area contributed by atoms with Crippen LogP contribution in [-0.2, 0) is 31.9 Å². The van der Waals surface area contributed by atoms with Crippen molar-refractivity contribution in [2.75, 3.05) is 14.2 Å². The Hall–Kier alpha value is -1.34. The number of fused-ring (bicyclic) bond motifs is 2. The quantitative estimate of drug-likeness (QED) is 0.576. The molecule has 0 aromatic carbocycles. The Labute approximate surface area is 198 Å². The second-order valence-electron chi connectivity index (χ2n) is 9.48. The van der Waals surface area contributed by atoms with Gasteiger partial charge in [0.15, 0.2) is 0 Å². The maximum absolute atomic E-state index is 13.7. The summed E-state index contributed by atoms with van der Waals surface area (Å²) in [5, 5.41) is 0. The lowest BCUT2D eigenvalue weighted by Crippen LogP contribution is -2.53. The fraction of sp³-hybridized carbons (Fsp3) is 0.615. The lowest BCUT2D eigenvalue weighted by Gasteiger charge is -2.44. The number of methoxy groups -OCH3 is 2. The monoisotopic (exact) mass is 472 g/mol. The second kappa shape index (κ2) is 8.79. The molecule has 8 unspecified atom stereocenters. The number of carbonyl (C=O) groups excluding carboxylic acids is 2. The summed E-state index contributed by atoms with van der Waals surface area (Å²) in [6.45, 7) is 4.29. The van der Waals surface area contributed by atoms with Crippen LogP contribution in [-0.4, -0.2) is 38.0 Å². The Morgan fingerprint density at radius 1 is 0.750 bits per heavy atom. The van der Waals surface area contributed by atoms with Crippen LogP contribution in [0.15, 0.2) is 24.3 Å². The Bertz CT molecular complexity index is 927. The molecule has 0 bridgehead atoms. The van der Waals surface area contributed by atoms with E-state index in [-0.39, 0.29) is 59.3 Å². The van der Waals surface area contributed by atoms with Crippen molar-refractivity contribution in [2.24, 2.45) is 23.7 Å². The summed E-state index contributed by atoms with van der Waals surface area (Å²) < 4.78 is 12.1. The summed E-state index contributed by atoms with van der Waals surface area (Å²) in [4.78, 5) is 32.4. The van der Waals surface area contributed by atoms with E-state index in [2.05, 4.69) is 38.1 Å². The third kappa shape index (κ3) is 3.37. The fourth-order valence-corrected chi connectivity index (χ4v) is 8.82. The number of aryl methyl sites for hydroxylation is 2. The van der Waals surface area contributed by atoms with Gasteiger partial charge in [-0.1, -0.05) is 13.8 Å². The molecule has 2 aromatic rings. The summed E-state index contributed by atoms with van der Waals surface area (Å²) in [7, 11) is 3.43. The van der Waals surface area contributed by atoms with Gasteiger partial charge >= 0.3 is 0 Å². The van der Waals surface area contributed by atoms with Gasteiger partial charge in [0, 0.05) is 33.7 Å². The summed E-state index contributed by atoms with van der Waals surface area (Å²) >= 11 is 3.51. The fourth-order valence-electron chi connectivity index (χ4n) is 6.68. The SMILES string of the molecule is CCc1ccc(C2CC3C(OC)C4C(=O)C(c5ccc(CC)s5)CC4C(OC)C3C2=O)s1. The minimum absolute atomic E-state index is 0.0353. The maximum atomic E-state index is 13.7. The van der Waals surface area contributed by atoms with Crippen molar-refractivity contribution in [1.82, 2.24) is 0 Å². The molecule has 0 radical (unpaired) electrons. The Kier molecular flexibility index (Phi) is 6.16. The number of ether oxygens (including phenoxy) is 2. The van der Waals surface area contributed by atoms with Crippen LogP contribution in [0.3, 0.4) is 0 Å². The molecule has 32 heavy (non-hydrogen) atoms. The Morgan fingerprint density at radius 3 is 1.47 bits per heavy atom. The number of rotatable bonds is 6. The number of thiophene rings is 2. The summed E-state index contributed by atoms with van der Waals surface area (Å²) in [5.74, 6) is 0.0638. The molecule has 0 aliphatic heterocycles. The van der Waals surface area contributed by atoms with Crippen LogP contribution in [0.2, 0.25) is 0 Å². The predicted molar refractivity (Wildman–Crippen MR) is 128 cm³/mol. The maximum Gasteiger partial charge on any atom is 0.147 e. The van der Waals surface area contributed by atoms with E-state index in [0.717, 1.165) is 35.4 Å². The number of Topliss-reactive ketones (excluding diaryl/α,β-unsaturated/α-hetero) is 2. The van der Waals surface area contributed by atoms with Crippen molar-refractivity contribution in [2.45, 2.75) is 63.6 Å². The molecule has 3 aliphatic rings. The van der Waals surface area contributed by atoms with Crippen LogP contribution in [0.1, 0.15) is 58.0 Å². The first kappa shape index (κ1) is 22.5. The summed E-state index contributed by atoms with van der Waals surface area (Å²) in [6, 6.07) is 8.53. The van der Waals surface area contributed by atoms with Crippen molar-refractivity contribution in [3.8, 4) is 0 Å². The zero-order valence-corrected chi connectivity index (χ0v) is 20.8. The van der Waals surface area contributed by atoms with Gasteiger partial charge in [0.05, 0.1) is 35.9 Å². The van der Waals surface area contributed by atoms with E-state index in [4.69, 9.17) is 9.47 Å². The summed E-state index contributed by atoms with van der Waals surface area (Å²) in [5.41, 5.74) is 0. The van der Waals surface area contributed by atoms with Gasteiger partial charge in [0.1, 0.15) is 11.6 Å². The van der Waals surface area contributed by atoms with E-state index in [1.165, 1.54) is 9.75 Å². The minimum Gasteiger partial charge on any atom is -0.380 e. The first-order chi connectivity index (χ1) is 15.5. The molecule has 3 saturated carbocycles. The van der Waals surface area contributed by atoms with E-state index in [1.54, 1.807) is 36.9 Å². The molecule has 2 heterocycles. The molecule has 0 saturated heterocycles. The number of carbonyl (C=O) groups is 2. The van der Waals surface area contributed by atoms with Crippen LogP contribution >= 0.6 is 22.7 Å². The molecule has 3 fully saturated rings.